The molecule has 1 spiro atoms. The summed E-state index contributed by atoms with van der Waals surface area (Å²) in [7, 11) is 0. The third kappa shape index (κ3) is 10.1. The van der Waals surface area contributed by atoms with Crippen molar-refractivity contribution in [2.75, 3.05) is 0 Å². The molecule has 55 heavy (non-hydrogen) atoms. The summed E-state index contributed by atoms with van der Waals surface area (Å²) in [5, 5.41) is 12.6. The number of aromatic nitrogens is 1. The number of rotatable bonds is 4. The van der Waals surface area contributed by atoms with Crippen LogP contribution < -0.4 is 0 Å². The second-order valence-electron chi connectivity index (χ2n) is 18.7. The van der Waals surface area contributed by atoms with Crippen molar-refractivity contribution in [2.24, 2.45) is 16.7 Å². The summed E-state index contributed by atoms with van der Waals surface area (Å²) in [5.74, 6) is -2.17. The van der Waals surface area contributed by atoms with Gasteiger partial charge in [-0.1, -0.05) is 95.2 Å². The molecule has 1 heterocycles. The van der Waals surface area contributed by atoms with Crippen LogP contribution in [0.3, 0.4) is 0 Å². The van der Waals surface area contributed by atoms with Crippen molar-refractivity contribution in [3.63, 3.8) is 0 Å². The molecule has 0 bridgehead atoms. The number of fused-ring (bicyclic) bond motifs is 2. The Balaban J connectivity index is 0.000000273. The number of alkyl halides is 3. The van der Waals surface area contributed by atoms with Crippen LogP contribution in [-0.4, -0.2) is 22.1 Å². The number of allylic oxidation sites excluding steroid dienone is 2. The molecule has 3 fully saturated rings. The second-order valence-corrected chi connectivity index (χ2v) is 18.7. The summed E-state index contributed by atoms with van der Waals surface area (Å²) in [6.07, 6.45) is 11.0. The van der Waals surface area contributed by atoms with Crippen molar-refractivity contribution in [1.82, 2.24) is 4.98 Å². The van der Waals surface area contributed by atoms with Crippen LogP contribution >= 0.6 is 0 Å². The van der Waals surface area contributed by atoms with Gasteiger partial charge in [0, 0.05) is 43.2 Å². The van der Waals surface area contributed by atoms with E-state index in [1.807, 2.05) is 0 Å². The number of hydrogen-bond acceptors (Lipinski definition) is 3. The number of aliphatic hydroxyl groups excluding tert-OH is 1. The molecule has 0 atom stereocenters. The monoisotopic (exact) mass is 931 g/mol. The second kappa shape index (κ2) is 16.8. The molecule has 3 aromatic carbocycles. The summed E-state index contributed by atoms with van der Waals surface area (Å²) >= 11 is 0. The van der Waals surface area contributed by atoms with E-state index in [1.165, 1.54) is 96.2 Å². The number of aliphatic hydroxyl groups is 1. The maximum Gasteiger partial charge on any atom is 0.448 e. The van der Waals surface area contributed by atoms with E-state index in [0.29, 0.717) is 30.3 Å². The normalized spacial score (nSPS) is 20.5. The van der Waals surface area contributed by atoms with Crippen molar-refractivity contribution >= 4 is 27.5 Å². The largest absolute Gasteiger partial charge is 0.504 e. The van der Waals surface area contributed by atoms with E-state index in [0.717, 1.165) is 29.6 Å². The Kier molecular flexibility index (Phi) is 13.2. The SMILES string of the molecule is CC1(C)CCC(C(=O)/C=C(\O)C(F)(F)F)CC1.Cc1cc(C)c2c(C3CCC4(CCCCC4)CC3)cc(-c3[c-]c4ccccc4c(C(C)(C)C)c3)nc2c1.[Ir]. The van der Waals surface area contributed by atoms with Crippen LogP contribution in [0, 0.1) is 36.7 Å². The Hall–Kier alpha value is -3.02. The molecule has 3 nitrogen and oxygen atoms in total. The quantitative estimate of drug-likeness (QED) is 0.126. The number of halogens is 3. The predicted octanol–water partition coefficient (Wildman–Crippen LogP) is 14.2. The van der Waals surface area contributed by atoms with E-state index in [4.69, 9.17) is 10.1 Å². The van der Waals surface area contributed by atoms with Gasteiger partial charge in [-0.3, -0.25) is 9.78 Å². The Labute approximate surface area is 340 Å². The minimum Gasteiger partial charge on any atom is -0.504 e. The molecule has 7 heteroatoms. The summed E-state index contributed by atoms with van der Waals surface area (Å²) in [6.45, 7) is 15.6. The number of nitrogens with zero attached hydrogens (tertiary/aromatic N) is 1. The first-order valence-corrected chi connectivity index (χ1v) is 20.2. The molecule has 3 saturated carbocycles. The van der Waals surface area contributed by atoms with Crippen LogP contribution in [-0.2, 0) is 30.3 Å². The molecule has 1 aromatic heterocycles. The van der Waals surface area contributed by atoms with E-state index in [9.17, 15) is 18.0 Å². The van der Waals surface area contributed by atoms with Gasteiger partial charge in [-0.25, -0.2) is 0 Å². The van der Waals surface area contributed by atoms with Gasteiger partial charge in [-0.15, -0.1) is 29.1 Å². The van der Waals surface area contributed by atoms with Gasteiger partial charge >= 0.3 is 6.18 Å². The molecule has 0 saturated heterocycles. The molecule has 3 aliphatic rings. The zero-order valence-electron chi connectivity index (χ0n) is 33.8. The first-order valence-electron chi connectivity index (χ1n) is 20.2. The molecule has 7 rings (SSSR count). The molecule has 1 radical (unpaired) electrons. The number of pyridine rings is 1. The molecule has 3 aliphatic carbocycles. The average Bonchev–Trinajstić information content (AvgIpc) is 3.10. The fraction of sp³-hybridized carbons (Fsp3) is 0.542. The van der Waals surface area contributed by atoms with Gasteiger partial charge in [0.1, 0.15) is 0 Å². The van der Waals surface area contributed by atoms with Gasteiger partial charge in [-0.05, 0) is 123 Å². The molecule has 4 aromatic rings. The average molecular weight is 931 g/mol. The van der Waals surface area contributed by atoms with Crippen molar-refractivity contribution in [1.29, 1.82) is 0 Å². The zero-order valence-corrected chi connectivity index (χ0v) is 36.2. The predicted molar refractivity (Wildman–Crippen MR) is 216 cm³/mol. The number of benzene rings is 3. The summed E-state index contributed by atoms with van der Waals surface area (Å²) in [4.78, 5) is 16.8. The Bertz CT molecular complexity index is 2010. The van der Waals surface area contributed by atoms with Gasteiger partial charge in [-0.2, -0.15) is 13.2 Å². The van der Waals surface area contributed by atoms with E-state index in [2.05, 4.69) is 103 Å². The van der Waals surface area contributed by atoms with E-state index in [-0.39, 0.29) is 36.9 Å². The first-order chi connectivity index (χ1) is 25.3. The Morgan fingerprint density at radius 2 is 1.51 bits per heavy atom. The van der Waals surface area contributed by atoms with Crippen molar-refractivity contribution in [3.8, 4) is 11.3 Å². The molecular formula is C48H59F3IrNO2-. The standard InChI is InChI=1S/C36H42N.C12H17F3O2.Ir/c1-24-19-25(2)34-30(26-13-17-36(18-14-26)15-9-6-10-16-36)23-32(37-33(34)20-24)28-21-27-11-7-8-12-29(27)31(22-28)35(3,4)5;1-11(2)5-3-8(4-6-11)9(16)7-10(17)12(13,14)15;/h7-8,11-12,19-20,22-23,26H,6,9-10,13-18H2,1-5H3;7-8,17H,3-6H2,1-2H3;/q-1;;/b;10-7-;. The Morgan fingerprint density at radius 1 is 0.873 bits per heavy atom. The van der Waals surface area contributed by atoms with Crippen LogP contribution in [0.4, 0.5) is 13.2 Å². The van der Waals surface area contributed by atoms with Crippen molar-refractivity contribution in [2.45, 2.75) is 149 Å². The minimum atomic E-state index is -4.83. The van der Waals surface area contributed by atoms with Crippen molar-refractivity contribution in [3.05, 3.63) is 88.7 Å². The van der Waals surface area contributed by atoms with Crippen LogP contribution in [0.15, 0.2) is 60.4 Å². The number of carbonyl (C=O) groups is 1. The van der Waals surface area contributed by atoms with Crippen LogP contribution in [0.1, 0.15) is 146 Å². The smallest absolute Gasteiger partial charge is 0.448 e. The molecule has 299 valence electrons. The van der Waals surface area contributed by atoms with Crippen LogP contribution in [0.5, 0.6) is 0 Å². The molecule has 0 aliphatic heterocycles. The molecule has 0 unspecified atom stereocenters. The third-order valence-corrected chi connectivity index (χ3v) is 12.9. The minimum absolute atomic E-state index is 0. The number of hydrogen-bond donors (Lipinski definition) is 1. The van der Waals surface area contributed by atoms with Crippen LogP contribution in [0.25, 0.3) is 32.9 Å². The van der Waals surface area contributed by atoms with Gasteiger partial charge < -0.3 is 5.11 Å². The fourth-order valence-corrected chi connectivity index (χ4v) is 9.60. The van der Waals surface area contributed by atoms with Crippen LogP contribution in [0.2, 0.25) is 0 Å². The molecule has 1 N–H and O–H groups in total. The topological polar surface area (TPSA) is 50.2 Å². The van der Waals surface area contributed by atoms with E-state index < -0.39 is 17.7 Å². The summed E-state index contributed by atoms with van der Waals surface area (Å²) < 4.78 is 36.1. The maximum atomic E-state index is 12.0. The third-order valence-electron chi connectivity index (χ3n) is 12.9. The van der Waals surface area contributed by atoms with Gasteiger partial charge in [0.2, 0.25) is 5.76 Å². The van der Waals surface area contributed by atoms with E-state index >= 15 is 0 Å². The maximum absolute atomic E-state index is 12.0. The number of carbonyl (C=O) groups excluding carboxylic acids is 1. The first kappa shape index (κ1) is 43.1. The number of ketones is 1. The zero-order chi connectivity index (χ0) is 39.1. The Morgan fingerprint density at radius 3 is 2.13 bits per heavy atom. The summed E-state index contributed by atoms with van der Waals surface area (Å²) in [5.41, 5.74) is 9.79. The molecule has 0 amide bonds. The summed E-state index contributed by atoms with van der Waals surface area (Å²) in [6, 6.07) is 21.9. The van der Waals surface area contributed by atoms with Crippen molar-refractivity contribution < 1.29 is 43.2 Å². The van der Waals surface area contributed by atoms with E-state index in [1.54, 1.807) is 0 Å². The number of aryl methyl sites for hydroxylation is 2. The van der Waals surface area contributed by atoms with Gasteiger partial charge in [0.15, 0.2) is 5.78 Å². The van der Waals surface area contributed by atoms with Gasteiger partial charge in [0.05, 0.1) is 5.52 Å². The molecular weight excluding hydrogens is 872 g/mol. The van der Waals surface area contributed by atoms with Gasteiger partial charge in [0.25, 0.3) is 0 Å². The fourth-order valence-electron chi connectivity index (χ4n) is 9.60.